The average molecular weight is 1340 g/mol. The van der Waals surface area contributed by atoms with E-state index in [1.807, 2.05) is 21.1 Å². The van der Waals surface area contributed by atoms with Crippen molar-refractivity contribution in [3.63, 3.8) is 0 Å². The molecule has 2 atom stereocenters. The van der Waals surface area contributed by atoms with Crippen molar-refractivity contribution in [3.05, 3.63) is 60.8 Å². The van der Waals surface area contributed by atoms with Crippen LogP contribution in [0.4, 0.5) is 0 Å². The van der Waals surface area contributed by atoms with E-state index < -0.39 is 26.5 Å². The second-order valence-electron chi connectivity index (χ2n) is 29.1. The van der Waals surface area contributed by atoms with Crippen LogP contribution in [0.25, 0.3) is 0 Å². The topological polar surface area (TPSA) is 108 Å². The molecular weight excluding hydrogens is 1180 g/mol. The summed E-state index contributed by atoms with van der Waals surface area (Å²) in [6.07, 6.45) is 101. The van der Waals surface area contributed by atoms with Crippen LogP contribution in [-0.2, 0) is 32.7 Å². The first-order valence-corrected chi connectivity index (χ1v) is 42.5. The van der Waals surface area contributed by atoms with Gasteiger partial charge in [-0.1, -0.05) is 383 Å². The molecule has 1 N–H and O–H groups in total. The highest BCUT2D eigenvalue weighted by Gasteiger charge is 2.27. The lowest BCUT2D eigenvalue weighted by molar-refractivity contribution is -0.870. The number of quaternary nitrogens is 1. The minimum absolute atomic E-state index is 0.0346. The number of carbonyl (C=O) groups excluding carboxylic acids is 2. The van der Waals surface area contributed by atoms with Gasteiger partial charge in [0.2, 0.25) is 0 Å². The monoisotopic (exact) mass is 1340 g/mol. The van der Waals surface area contributed by atoms with Gasteiger partial charge in [-0.3, -0.25) is 18.6 Å². The number of likely N-dealkylation sites (N-methyl/N-ethyl adjacent to an activating group) is 1. The van der Waals surface area contributed by atoms with Crippen LogP contribution in [-0.4, -0.2) is 74.9 Å². The molecule has 0 aromatic rings. The summed E-state index contributed by atoms with van der Waals surface area (Å²) in [5.41, 5.74) is 0. The molecular formula is C84H159NO8P+. The molecule has 0 aromatic carbocycles. The van der Waals surface area contributed by atoms with Crippen LogP contribution in [0.5, 0.6) is 0 Å². The molecule has 0 spiro atoms. The number of hydrogen-bond donors (Lipinski definition) is 1. The van der Waals surface area contributed by atoms with Crippen molar-refractivity contribution in [2.75, 3.05) is 47.5 Å². The summed E-state index contributed by atoms with van der Waals surface area (Å²) in [6, 6.07) is 0. The Kier molecular flexibility index (Phi) is 73.1. The van der Waals surface area contributed by atoms with Gasteiger partial charge in [0.1, 0.15) is 19.8 Å². The normalized spacial score (nSPS) is 13.3. The summed E-state index contributed by atoms with van der Waals surface area (Å²) in [6.45, 7) is 4.40. The number of phosphoric ester groups is 1. The van der Waals surface area contributed by atoms with E-state index in [2.05, 4.69) is 74.6 Å². The lowest BCUT2D eigenvalue weighted by Gasteiger charge is -2.24. The molecule has 0 rings (SSSR count). The molecule has 0 bridgehead atoms. The van der Waals surface area contributed by atoms with E-state index in [0.29, 0.717) is 23.9 Å². The van der Waals surface area contributed by atoms with E-state index in [1.165, 1.54) is 321 Å². The highest BCUT2D eigenvalue weighted by molar-refractivity contribution is 7.47. The Morgan fingerprint density at radius 3 is 0.915 bits per heavy atom. The number of esters is 2. The van der Waals surface area contributed by atoms with Gasteiger partial charge >= 0.3 is 19.8 Å². The molecule has 0 fully saturated rings. The minimum atomic E-state index is -4.39. The van der Waals surface area contributed by atoms with E-state index >= 15 is 0 Å². The number of ether oxygens (including phenoxy) is 2. The number of allylic oxidation sites excluding steroid dienone is 10. The molecule has 9 nitrogen and oxygen atoms in total. The third kappa shape index (κ3) is 78.7. The van der Waals surface area contributed by atoms with Crippen molar-refractivity contribution in [2.45, 2.75) is 418 Å². The first kappa shape index (κ1) is 91.7. The Bertz CT molecular complexity index is 1770. The van der Waals surface area contributed by atoms with E-state index in [9.17, 15) is 19.0 Å². The maximum absolute atomic E-state index is 12.9. The molecule has 0 aliphatic rings. The minimum Gasteiger partial charge on any atom is -0.462 e. The molecule has 0 radical (unpaired) electrons. The summed E-state index contributed by atoms with van der Waals surface area (Å²) >= 11 is 0. The molecule has 0 aliphatic carbocycles. The first-order valence-electron chi connectivity index (χ1n) is 41.0. The molecule has 0 amide bonds. The number of phosphoric acid groups is 1. The van der Waals surface area contributed by atoms with E-state index in [1.54, 1.807) is 0 Å². The number of nitrogens with zero attached hydrogens (tertiary/aromatic N) is 1. The molecule has 94 heavy (non-hydrogen) atoms. The Hall–Kier alpha value is -2.29. The van der Waals surface area contributed by atoms with Gasteiger partial charge < -0.3 is 18.9 Å². The predicted octanol–water partition coefficient (Wildman–Crippen LogP) is 27.3. The summed E-state index contributed by atoms with van der Waals surface area (Å²) in [7, 11) is 1.50. The van der Waals surface area contributed by atoms with Crippen LogP contribution in [0.15, 0.2) is 60.8 Å². The average Bonchev–Trinajstić information content (AvgIpc) is 1.56. The van der Waals surface area contributed by atoms with Crippen molar-refractivity contribution in [2.24, 2.45) is 0 Å². The largest absolute Gasteiger partial charge is 0.472 e. The van der Waals surface area contributed by atoms with Crippen LogP contribution >= 0.6 is 7.82 Å². The highest BCUT2D eigenvalue weighted by Crippen LogP contribution is 2.43. The van der Waals surface area contributed by atoms with Crippen molar-refractivity contribution < 1.29 is 42.1 Å². The van der Waals surface area contributed by atoms with Crippen LogP contribution < -0.4 is 0 Å². The summed E-state index contributed by atoms with van der Waals surface area (Å²) in [5.74, 6) is -0.772. The van der Waals surface area contributed by atoms with Gasteiger partial charge in [0.05, 0.1) is 27.7 Å². The Morgan fingerprint density at radius 2 is 0.606 bits per heavy atom. The van der Waals surface area contributed by atoms with Crippen LogP contribution in [0.1, 0.15) is 412 Å². The van der Waals surface area contributed by atoms with Crippen molar-refractivity contribution in [1.29, 1.82) is 0 Å². The van der Waals surface area contributed by atoms with Gasteiger partial charge in [-0.2, -0.15) is 0 Å². The van der Waals surface area contributed by atoms with Gasteiger partial charge in [0.25, 0.3) is 0 Å². The van der Waals surface area contributed by atoms with E-state index in [4.69, 9.17) is 18.5 Å². The predicted molar refractivity (Wildman–Crippen MR) is 409 cm³/mol. The summed E-state index contributed by atoms with van der Waals surface area (Å²) < 4.78 is 34.9. The Balaban J connectivity index is 3.89. The number of unbranched alkanes of at least 4 members (excludes halogenated alkanes) is 53. The van der Waals surface area contributed by atoms with Crippen LogP contribution in [0.3, 0.4) is 0 Å². The van der Waals surface area contributed by atoms with Gasteiger partial charge in [0.15, 0.2) is 6.10 Å². The maximum Gasteiger partial charge on any atom is 0.472 e. The highest BCUT2D eigenvalue weighted by atomic mass is 31.2. The van der Waals surface area contributed by atoms with Gasteiger partial charge in [-0.15, -0.1) is 0 Å². The van der Waals surface area contributed by atoms with Gasteiger partial charge in [-0.25, -0.2) is 4.57 Å². The Morgan fingerprint density at radius 1 is 0.340 bits per heavy atom. The fourth-order valence-electron chi connectivity index (χ4n) is 12.3. The number of rotatable bonds is 77. The van der Waals surface area contributed by atoms with Crippen LogP contribution in [0.2, 0.25) is 0 Å². The fraction of sp³-hybridized carbons (Fsp3) is 0.857. The zero-order chi connectivity index (χ0) is 68.3. The molecule has 552 valence electrons. The smallest absolute Gasteiger partial charge is 0.462 e. The third-order valence-electron chi connectivity index (χ3n) is 18.5. The van der Waals surface area contributed by atoms with Gasteiger partial charge in [-0.05, 0) is 77.0 Å². The Labute approximate surface area is 585 Å². The standard InChI is InChI=1S/C84H158NO8P/c1-6-8-10-12-14-16-18-20-22-24-26-28-30-32-34-36-38-39-40-41-42-43-44-45-47-49-51-53-55-57-59-61-63-65-67-69-71-73-75-77-84(87)93-82(81-92-94(88,89)91-79-78-85(3,4)5)80-90-83(86)76-74-72-70-68-66-64-62-60-58-56-54-52-50-48-46-37-35-33-31-29-27-25-23-21-19-17-15-13-11-9-7-2/h8,10,14,16,20,22,25-28,82H,6-7,9,11-13,15,17-19,21,23-24,29-81H2,1-5H3/p+1/b10-8-,16-14-,22-20-,27-25-,28-26-. The zero-order valence-electron chi connectivity index (χ0n) is 63.2. The molecule has 0 saturated carbocycles. The lowest BCUT2D eigenvalue weighted by atomic mass is 10.0. The number of carbonyl (C=O) groups is 2. The zero-order valence-corrected chi connectivity index (χ0v) is 64.1. The second kappa shape index (κ2) is 74.9. The SMILES string of the molecule is CC/C=C\C/C=C\C/C=C\C/C=C\CCCCCCCCCCCCCCCCCCCCCCCCCCCCC(=O)OC(COC(=O)CCCCCCCCCCCCCCCCCCCCC/C=C\CCCCCCCCCC)COP(=O)(O)OCC[N+](C)(C)C. The third-order valence-corrected chi connectivity index (χ3v) is 19.5. The van der Waals surface area contributed by atoms with Crippen molar-refractivity contribution in [1.82, 2.24) is 0 Å². The summed E-state index contributed by atoms with van der Waals surface area (Å²) in [5, 5.41) is 0. The number of hydrogen-bond acceptors (Lipinski definition) is 7. The molecule has 2 unspecified atom stereocenters. The fourth-order valence-corrected chi connectivity index (χ4v) is 13.0. The maximum atomic E-state index is 12.9. The molecule has 0 saturated heterocycles. The van der Waals surface area contributed by atoms with E-state index in [-0.39, 0.29) is 25.6 Å². The van der Waals surface area contributed by atoms with Gasteiger partial charge in [0, 0.05) is 12.8 Å². The van der Waals surface area contributed by atoms with Crippen molar-refractivity contribution >= 4 is 19.8 Å². The van der Waals surface area contributed by atoms with E-state index in [0.717, 1.165) is 57.8 Å². The lowest BCUT2D eigenvalue weighted by Crippen LogP contribution is -2.37. The molecule has 0 heterocycles. The van der Waals surface area contributed by atoms with Crippen molar-refractivity contribution in [3.8, 4) is 0 Å². The molecule has 0 aromatic heterocycles. The molecule has 0 aliphatic heterocycles. The second-order valence-corrected chi connectivity index (χ2v) is 30.6. The quantitative estimate of drug-likeness (QED) is 0.0211. The summed E-state index contributed by atoms with van der Waals surface area (Å²) in [4.78, 5) is 36.0. The van der Waals surface area contributed by atoms with Crippen LogP contribution in [0, 0.1) is 0 Å². The molecule has 10 heteroatoms. The first-order chi connectivity index (χ1) is 46.0.